The van der Waals surface area contributed by atoms with E-state index in [-0.39, 0.29) is 22.9 Å². The summed E-state index contributed by atoms with van der Waals surface area (Å²) in [5.74, 6) is 2.14. The molecule has 3 rings (SSSR count). The van der Waals surface area contributed by atoms with Crippen molar-refractivity contribution >= 4 is 35.4 Å². The fourth-order valence-electron chi connectivity index (χ4n) is 2.66. The van der Waals surface area contributed by atoms with Crippen molar-refractivity contribution in [1.82, 2.24) is 19.7 Å². The van der Waals surface area contributed by atoms with Crippen molar-refractivity contribution in [3.63, 3.8) is 0 Å². The minimum atomic E-state index is -0.312. The van der Waals surface area contributed by atoms with Gasteiger partial charge >= 0.3 is 5.97 Å². The first-order valence-corrected chi connectivity index (χ1v) is 10.1. The van der Waals surface area contributed by atoms with Gasteiger partial charge in [0.1, 0.15) is 11.0 Å². The van der Waals surface area contributed by atoms with Crippen molar-refractivity contribution in [1.29, 1.82) is 0 Å². The SMILES string of the molecule is COC(=O)[C@H]1CN(C(=O)CSc2nnc(-c3ccoc3C)n2C)CCS1. The summed E-state index contributed by atoms with van der Waals surface area (Å²) < 4.78 is 11.9. The summed E-state index contributed by atoms with van der Waals surface area (Å²) in [4.78, 5) is 25.9. The normalized spacial score (nSPS) is 17.3. The van der Waals surface area contributed by atoms with Gasteiger partial charge in [0.2, 0.25) is 5.91 Å². The molecule has 8 nitrogen and oxygen atoms in total. The lowest BCUT2D eigenvalue weighted by atomic mass is 10.2. The van der Waals surface area contributed by atoms with Gasteiger partial charge in [-0.3, -0.25) is 9.59 Å². The quantitative estimate of drug-likeness (QED) is 0.556. The number of rotatable bonds is 5. The molecular formula is C16H20N4O4S2. The highest BCUT2D eigenvalue weighted by Crippen LogP contribution is 2.26. The number of thioether (sulfide) groups is 2. The first kappa shape index (κ1) is 18.8. The van der Waals surface area contributed by atoms with Crippen LogP contribution in [0, 0.1) is 6.92 Å². The van der Waals surface area contributed by atoms with Gasteiger partial charge in [-0.1, -0.05) is 11.8 Å². The van der Waals surface area contributed by atoms with E-state index < -0.39 is 0 Å². The Hall–Kier alpha value is -1.94. The maximum Gasteiger partial charge on any atom is 0.320 e. The van der Waals surface area contributed by atoms with Crippen molar-refractivity contribution in [3.8, 4) is 11.4 Å². The number of amides is 1. The zero-order chi connectivity index (χ0) is 18.7. The van der Waals surface area contributed by atoms with Crippen LogP contribution < -0.4 is 0 Å². The molecule has 1 amide bonds. The summed E-state index contributed by atoms with van der Waals surface area (Å²) >= 11 is 2.86. The van der Waals surface area contributed by atoms with Crippen molar-refractivity contribution in [2.75, 3.05) is 31.7 Å². The Balaban J connectivity index is 1.61. The maximum atomic E-state index is 12.5. The van der Waals surface area contributed by atoms with Crippen LogP contribution >= 0.6 is 23.5 Å². The molecule has 0 bridgehead atoms. The third-order valence-electron chi connectivity index (χ3n) is 4.14. The Labute approximate surface area is 159 Å². The van der Waals surface area contributed by atoms with Crippen LogP contribution in [0.2, 0.25) is 0 Å². The molecular weight excluding hydrogens is 376 g/mol. The number of nitrogens with zero attached hydrogens (tertiary/aromatic N) is 4. The number of aryl methyl sites for hydroxylation is 1. The molecule has 1 aliphatic heterocycles. The molecule has 0 radical (unpaired) electrons. The third-order valence-corrected chi connectivity index (χ3v) is 6.31. The van der Waals surface area contributed by atoms with E-state index in [9.17, 15) is 9.59 Å². The van der Waals surface area contributed by atoms with Crippen molar-refractivity contribution in [2.45, 2.75) is 17.3 Å². The molecule has 2 aromatic rings. The van der Waals surface area contributed by atoms with E-state index in [0.717, 1.165) is 17.1 Å². The highest BCUT2D eigenvalue weighted by Gasteiger charge is 2.29. The molecule has 10 heteroatoms. The van der Waals surface area contributed by atoms with Gasteiger partial charge in [-0.05, 0) is 13.0 Å². The van der Waals surface area contributed by atoms with Gasteiger partial charge in [0.05, 0.1) is 24.7 Å². The zero-order valence-corrected chi connectivity index (χ0v) is 16.4. The number of furan rings is 1. The summed E-state index contributed by atoms with van der Waals surface area (Å²) in [6, 6.07) is 1.84. The van der Waals surface area contributed by atoms with Gasteiger partial charge in [-0.15, -0.1) is 22.0 Å². The van der Waals surface area contributed by atoms with E-state index in [0.29, 0.717) is 24.1 Å². The van der Waals surface area contributed by atoms with Crippen molar-refractivity contribution in [3.05, 3.63) is 18.1 Å². The molecule has 1 fully saturated rings. The second kappa shape index (κ2) is 8.17. The molecule has 140 valence electrons. The molecule has 1 saturated heterocycles. The van der Waals surface area contributed by atoms with E-state index in [1.807, 2.05) is 24.6 Å². The number of esters is 1. The molecule has 0 spiro atoms. The Morgan fingerprint density at radius 1 is 1.46 bits per heavy atom. The summed E-state index contributed by atoms with van der Waals surface area (Å²) in [5, 5.41) is 8.72. The third kappa shape index (κ3) is 3.90. The molecule has 0 N–H and O–H groups in total. The minimum absolute atomic E-state index is 0.0201. The van der Waals surface area contributed by atoms with Crippen LogP contribution in [0.15, 0.2) is 21.9 Å². The molecule has 0 unspecified atom stereocenters. The predicted octanol–water partition coefficient (Wildman–Crippen LogP) is 1.59. The lowest BCUT2D eigenvalue weighted by molar-refractivity contribution is -0.141. The zero-order valence-electron chi connectivity index (χ0n) is 14.8. The first-order chi connectivity index (χ1) is 12.5. The number of aromatic nitrogens is 3. The average Bonchev–Trinajstić information content (AvgIpc) is 3.24. The van der Waals surface area contributed by atoms with E-state index in [1.54, 1.807) is 11.2 Å². The monoisotopic (exact) mass is 396 g/mol. The van der Waals surface area contributed by atoms with Crippen LogP contribution in [0.5, 0.6) is 0 Å². The molecule has 3 heterocycles. The Kier molecular flexibility index (Phi) is 5.92. The van der Waals surface area contributed by atoms with Crippen LogP contribution in [-0.2, 0) is 21.4 Å². The molecule has 0 aromatic carbocycles. The number of methoxy groups -OCH3 is 1. The fraction of sp³-hybridized carbons (Fsp3) is 0.500. The summed E-state index contributed by atoms with van der Waals surface area (Å²) in [6.07, 6.45) is 1.61. The second-order valence-electron chi connectivity index (χ2n) is 5.77. The fourth-order valence-corrected chi connectivity index (χ4v) is 4.60. The highest BCUT2D eigenvalue weighted by atomic mass is 32.2. The molecule has 0 saturated carbocycles. The molecule has 2 aromatic heterocycles. The van der Waals surface area contributed by atoms with Gasteiger partial charge in [0.25, 0.3) is 0 Å². The van der Waals surface area contributed by atoms with E-state index in [4.69, 9.17) is 9.15 Å². The predicted molar refractivity (Wildman–Crippen MR) is 99.0 cm³/mol. The largest absolute Gasteiger partial charge is 0.469 e. The lowest BCUT2D eigenvalue weighted by Crippen LogP contribution is -2.45. The van der Waals surface area contributed by atoms with Gasteiger partial charge < -0.3 is 18.6 Å². The average molecular weight is 396 g/mol. The van der Waals surface area contributed by atoms with Crippen LogP contribution in [0.25, 0.3) is 11.4 Å². The lowest BCUT2D eigenvalue weighted by Gasteiger charge is -2.30. The number of carbonyl (C=O) groups is 2. The van der Waals surface area contributed by atoms with Crippen molar-refractivity contribution < 1.29 is 18.7 Å². The Bertz CT molecular complexity index is 804. The molecule has 26 heavy (non-hydrogen) atoms. The van der Waals surface area contributed by atoms with Gasteiger partial charge in [-0.2, -0.15) is 0 Å². The second-order valence-corrected chi connectivity index (χ2v) is 8.02. The topological polar surface area (TPSA) is 90.5 Å². The first-order valence-electron chi connectivity index (χ1n) is 8.05. The summed E-state index contributed by atoms with van der Waals surface area (Å²) in [7, 11) is 3.23. The number of hydrogen-bond donors (Lipinski definition) is 0. The highest BCUT2D eigenvalue weighted by molar-refractivity contribution is 8.00. The number of hydrogen-bond acceptors (Lipinski definition) is 8. The smallest absolute Gasteiger partial charge is 0.320 e. The number of ether oxygens (including phenoxy) is 1. The number of carbonyl (C=O) groups excluding carboxylic acids is 2. The Morgan fingerprint density at radius 3 is 2.96 bits per heavy atom. The Morgan fingerprint density at radius 2 is 2.27 bits per heavy atom. The van der Waals surface area contributed by atoms with Gasteiger partial charge in [-0.25, -0.2) is 0 Å². The minimum Gasteiger partial charge on any atom is -0.469 e. The van der Waals surface area contributed by atoms with Crippen LogP contribution in [0.4, 0.5) is 0 Å². The van der Waals surface area contributed by atoms with Crippen LogP contribution in [0.3, 0.4) is 0 Å². The molecule has 0 aliphatic carbocycles. The van der Waals surface area contributed by atoms with Crippen LogP contribution in [-0.4, -0.2) is 68.5 Å². The van der Waals surface area contributed by atoms with E-state index in [1.165, 1.54) is 30.6 Å². The van der Waals surface area contributed by atoms with Crippen molar-refractivity contribution in [2.24, 2.45) is 7.05 Å². The summed E-state index contributed by atoms with van der Waals surface area (Å²) in [6.45, 7) is 2.89. The van der Waals surface area contributed by atoms with Gasteiger partial charge in [0.15, 0.2) is 11.0 Å². The van der Waals surface area contributed by atoms with E-state index in [2.05, 4.69) is 10.2 Å². The van der Waals surface area contributed by atoms with Crippen LogP contribution in [0.1, 0.15) is 5.76 Å². The standard InChI is InChI=1S/C16H20N4O4S2/c1-10-11(4-6-24-10)14-17-18-16(19(14)2)26-9-13(21)20-5-7-25-12(8-20)15(22)23-3/h4,6,12H,5,7-9H2,1-3H3/t12-/m1/s1. The maximum absolute atomic E-state index is 12.5. The van der Waals surface area contributed by atoms with Gasteiger partial charge in [0, 0.05) is 25.9 Å². The van der Waals surface area contributed by atoms with E-state index >= 15 is 0 Å². The summed E-state index contributed by atoms with van der Waals surface area (Å²) in [5.41, 5.74) is 0.882. The molecule has 1 aliphatic rings. The molecule has 1 atom stereocenters.